The second kappa shape index (κ2) is 2.71. The van der Waals surface area contributed by atoms with Gasteiger partial charge >= 0.3 is 0 Å². The molecule has 2 bridgehead atoms. The zero-order chi connectivity index (χ0) is 9.69. The van der Waals surface area contributed by atoms with E-state index in [0.29, 0.717) is 16.7 Å². The molecule has 0 N–H and O–H groups in total. The van der Waals surface area contributed by atoms with Gasteiger partial charge in [-0.2, -0.15) is 0 Å². The minimum absolute atomic E-state index is 0.122. The van der Waals surface area contributed by atoms with E-state index in [1.165, 1.54) is 19.3 Å². The average Bonchev–Trinajstić information content (AvgIpc) is 2.37. The summed E-state index contributed by atoms with van der Waals surface area (Å²) in [6.45, 7) is 7.05. The van der Waals surface area contributed by atoms with Gasteiger partial charge in [0, 0.05) is 0 Å². The van der Waals surface area contributed by atoms with Crippen molar-refractivity contribution in [3.8, 4) is 0 Å². The Hall–Kier alpha value is -0.0700. The van der Waals surface area contributed by atoms with E-state index >= 15 is 0 Å². The highest BCUT2D eigenvalue weighted by molar-refractivity contribution is 5.09. The van der Waals surface area contributed by atoms with Gasteiger partial charge < -0.3 is 0 Å². The van der Waals surface area contributed by atoms with Crippen LogP contribution in [0.2, 0.25) is 0 Å². The van der Waals surface area contributed by atoms with Crippen LogP contribution >= 0.6 is 0 Å². The summed E-state index contributed by atoms with van der Waals surface area (Å²) in [6.07, 6.45) is 4.80. The first-order valence-electron chi connectivity index (χ1n) is 5.58. The van der Waals surface area contributed by atoms with E-state index in [2.05, 4.69) is 20.8 Å². The zero-order valence-corrected chi connectivity index (χ0v) is 9.07. The maximum absolute atomic E-state index is 12.4. The zero-order valence-electron chi connectivity index (χ0n) is 9.07. The molecule has 2 aliphatic rings. The van der Waals surface area contributed by atoms with Crippen LogP contribution in [0, 0.1) is 22.7 Å². The molecule has 0 radical (unpaired) electrons. The molecule has 0 nitrogen and oxygen atoms in total. The number of halogens is 1. The summed E-state index contributed by atoms with van der Waals surface area (Å²) in [4.78, 5) is 0. The van der Waals surface area contributed by atoms with E-state index in [1.54, 1.807) is 0 Å². The molecular formula is C12H21F. The highest BCUT2D eigenvalue weighted by Gasteiger charge is 2.60. The van der Waals surface area contributed by atoms with Gasteiger partial charge in [-0.3, -0.25) is 4.39 Å². The molecule has 0 aromatic carbocycles. The average molecular weight is 184 g/mol. The summed E-state index contributed by atoms with van der Waals surface area (Å²) >= 11 is 0. The van der Waals surface area contributed by atoms with Gasteiger partial charge in [-0.15, -0.1) is 0 Å². The van der Waals surface area contributed by atoms with Crippen LogP contribution in [0.15, 0.2) is 0 Å². The minimum Gasteiger partial charge on any atom is -0.251 e. The van der Waals surface area contributed by atoms with Crippen LogP contribution in [0.1, 0.15) is 46.5 Å². The lowest BCUT2D eigenvalue weighted by atomic mass is 9.66. The van der Waals surface area contributed by atoms with Crippen LogP contribution in [0.3, 0.4) is 0 Å². The lowest BCUT2D eigenvalue weighted by Gasteiger charge is -2.39. The number of alkyl halides is 1. The van der Waals surface area contributed by atoms with Gasteiger partial charge in [0.25, 0.3) is 0 Å². The van der Waals surface area contributed by atoms with Crippen molar-refractivity contribution in [3.05, 3.63) is 0 Å². The van der Waals surface area contributed by atoms with Crippen LogP contribution in [0.25, 0.3) is 0 Å². The van der Waals surface area contributed by atoms with Crippen LogP contribution in [-0.4, -0.2) is 6.67 Å². The van der Waals surface area contributed by atoms with Crippen molar-refractivity contribution in [2.75, 3.05) is 6.67 Å². The molecule has 0 saturated heterocycles. The van der Waals surface area contributed by atoms with Gasteiger partial charge in [0.1, 0.15) is 0 Å². The van der Waals surface area contributed by atoms with Gasteiger partial charge in [0.2, 0.25) is 0 Å². The van der Waals surface area contributed by atoms with Crippen molar-refractivity contribution in [1.29, 1.82) is 0 Å². The largest absolute Gasteiger partial charge is 0.251 e. The van der Waals surface area contributed by atoms with E-state index in [0.717, 1.165) is 12.3 Å². The third-order valence-corrected chi connectivity index (χ3v) is 5.43. The lowest BCUT2D eigenvalue weighted by molar-refractivity contribution is 0.0934. The first kappa shape index (κ1) is 9.48. The number of hydrogen-bond donors (Lipinski definition) is 0. The summed E-state index contributed by atoms with van der Waals surface area (Å²) < 4.78 is 12.4. The standard InChI is InChI=1S/C12H21F/c1-11(2)9-4-6-12(11,3)10(8-9)5-7-13/h9-10H,4-8H2,1-3H3. The fourth-order valence-electron chi connectivity index (χ4n) is 3.94. The first-order valence-corrected chi connectivity index (χ1v) is 5.58. The molecule has 2 aliphatic carbocycles. The molecule has 0 aromatic heterocycles. The second-order valence-corrected chi connectivity index (χ2v) is 5.79. The van der Waals surface area contributed by atoms with E-state index in [9.17, 15) is 4.39 Å². The normalized spacial score (nSPS) is 47.1. The van der Waals surface area contributed by atoms with Crippen molar-refractivity contribution in [3.63, 3.8) is 0 Å². The molecule has 76 valence electrons. The van der Waals surface area contributed by atoms with Crippen molar-refractivity contribution in [1.82, 2.24) is 0 Å². The summed E-state index contributed by atoms with van der Waals surface area (Å²) in [6, 6.07) is 0. The molecule has 2 rings (SSSR count). The molecule has 3 atom stereocenters. The molecule has 0 aromatic rings. The Balaban J connectivity index is 2.22. The van der Waals surface area contributed by atoms with Crippen LogP contribution in [0.4, 0.5) is 4.39 Å². The molecule has 2 fully saturated rings. The summed E-state index contributed by atoms with van der Waals surface area (Å²) in [5.41, 5.74) is 0.899. The van der Waals surface area contributed by atoms with Crippen LogP contribution in [-0.2, 0) is 0 Å². The van der Waals surface area contributed by atoms with Crippen LogP contribution < -0.4 is 0 Å². The fraction of sp³-hybridized carbons (Fsp3) is 1.00. The molecule has 3 unspecified atom stereocenters. The fourth-order valence-corrected chi connectivity index (χ4v) is 3.94. The van der Waals surface area contributed by atoms with Crippen molar-refractivity contribution in [2.24, 2.45) is 22.7 Å². The predicted molar refractivity (Wildman–Crippen MR) is 53.3 cm³/mol. The molecule has 0 aliphatic heterocycles. The molecule has 0 heterocycles. The Morgan fingerprint density at radius 1 is 1.31 bits per heavy atom. The van der Waals surface area contributed by atoms with Crippen molar-refractivity contribution >= 4 is 0 Å². The van der Waals surface area contributed by atoms with Gasteiger partial charge in [-0.05, 0) is 48.3 Å². The van der Waals surface area contributed by atoms with Gasteiger partial charge in [0.05, 0.1) is 6.67 Å². The highest BCUT2D eigenvalue weighted by atomic mass is 19.1. The summed E-state index contributed by atoms with van der Waals surface area (Å²) in [5.74, 6) is 1.53. The van der Waals surface area contributed by atoms with Gasteiger partial charge in [-0.25, -0.2) is 0 Å². The highest BCUT2D eigenvalue weighted by Crippen LogP contribution is 2.68. The quantitative estimate of drug-likeness (QED) is 0.612. The van der Waals surface area contributed by atoms with Crippen LogP contribution in [0.5, 0.6) is 0 Å². The lowest BCUT2D eigenvalue weighted by Crippen LogP contribution is -2.32. The maximum Gasteiger partial charge on any atom is 0.0897 e. The number of hydrogen-bond acceptors (Lipinski definition) is 0. The Morgan fingerprint density at radius 3 is 2.38 bits per heavy atom. The molecule has 1 heteroatoms. The smallest absolute Gasteiger partial charge is 0.0897 e. The third kappa shape index (κ3) is 1.02. The Bertz CT molecular complexity index is 209. The Labute approximate surface area is 80.9 Å². The first-order chi connectivity index (χ1) is 6.02. The van der Waals surface area contributed by atoms with Gasteiger partial charge in [0.15, 0.2) is 0 Å². The van der Waals surface area contributed by atoms with Gasteiger partial charge in [-0.1, -0.05) is 20.8 Å². The predicted octanol–water partition coefficient (Wildman–Crippen LogP) is 3.81. The molecule has 0 spiro atoms. The number of rotatable bonds is 2. The molecule has 13 heavy (non-hydrogen) atoms. The van der Waals surface area contributed by atoms with Crippen molar-refractivity contribution < 1.29 is 4.39 Å². The maximum atomic E-state index is 12.4. The Kier molecular flexibility index (Phi) is 1.98. The van der Waals surface area contributed by atoms with E-state index in [4.69, 9.17) is 0 Å². The monoisotopic (exact) mass is 184 g/mol. The third-order valence-electron chi connectivity index (χ3n) is 5.43. The molecular weight excluding hydrogens is 163 g/mol. The molecule has 2 saturated carbocycles. The van der Waals surface area contributed by atoms with E-state index in [1.807, 2.05) is 0 Å². The van der Waals surface area contributed by atoms with E-state index < -0.39 is 0 Å². The minimum atomic E-state index is -0.122. The molecule has 0 amide bonds. The SMILES string of the molecule is CC1(C)C2CCC1(C)C(CCF)C2. The van der Waals surface area contributed by atoms with Crippen molar-refractivity contribution in [2.45, 2.75) is 46.5 Å². The number of fused-ring (bicyclic) bond motifs is 2. The summed E-state index contributed by atoms with van der Waals surface area (Å²) in [5, 5.41) is 0. The second-order valence-electron chi connectivity index (χ2n) is 5.79. The van der Waals surface area contributed by atoms with E-state index in [-0.39, 0.29) is 6.67 Å². The Morgan fingerprint density at radius 2 is 2.00 bits per heavy atom. The topological polar surface area (TPSA) is 0 Å². The summed E-state index contributed by atoms with van der Waals surface area (Å²) in [7, 11) is 0.